The zero-order valence-corrected chi connectivity index (χ0v) is 17.9. The number of benzene rings is 2. The molecule has 2 aromatic carbocycles. The summed E-state index contributed by atoms with van der Waals surface area (Å²) in [5.41, 5.74) is 2.68. The van der Waals surface area contributed by atoms with E-state index in [1.165, 1.54) is 5.56 Å². The van der Waals surface area contributed by atoms with E-state index in [1.807, 2.05) is 55.5 Å². The van der Waals surface area contributed by atoms with E-state index in [0.29, 0.717) is 12.3 Å². The minimum Gasteiger partial charge on any atom is -0.494 e. The van der Waals surface area contributed by atoms with Gasteiger partial charge in [-0.15, -0.1) is 0 Å². The van der Waals surface area contributed by atoms with Gasteiger partial charge in [0, 0.05) is 4.47 Å². The van der Waals surface area contributed by atoms with E-state index in [9.17, 15) is 10.1 Å². The van der Waals surface area contributed by atoms with Gasteiger partial charge in [-0.2, -0.15) is 5.26 Å². The van der Waals surface area contributed by atoms with E-state index in [0.717, 1.165) is 41.5 Å². The molecule has 0 spiro atoms. The Labute approximate surface area is 175 Å². The van der Waals surface area contributed by atoms with E-state index >= 15 is 0 Å². The lowest BCUT2D eigenvalue weighted by Gasteiger charge is -2.09. The second-order valence-corrected chi connectivity index (χ2v) is 7.31. The fourth-order valence-electron chi connectivity index (χ4n) is 2.58. The summed E-state index contributed by atoms with van der Waals surface area (Å²) in [6, 6.07) is 15.2. The van der Waals surface area contributed by atoms with E-state index in [2.05, 4.69) is 28.2 Å². The molecule has 2 rings (SSSR count). The number of carbonyl (C=O) groups excluding carboxylic acids is 1. The van der Waals surface area contributed by atoms with Gasteiger partial charge >= 0.3 is 0 Å². The quantitative estimate of drug-likeness (QED) is 0.376. The van der Waals surface area contributed by atoms with Gasteiger partial charge in [-0.05, 0) is 76.7 Å². The average Bonchev–Trinajstić information content (AvgIpc) is 2.71. The van der Waals surface area contributed by atoms with Gasteiger partial charge in [0.15, 0.2) is 0 Å². The van der Waals surface area contributed by atoms with Crippen LogP contribution in [0.2, 0.25) is 0 Å². The molecule has 5 heteroatoms. The molecule has 146 valence electrons. The van der Waals surface area contributed by atoms with Crippen LogP contribution in [-0.4, -0.2) is 12.5 Å². The molecule has 2 aromatic rings. The number of amides is 1. The topological polar surface area (TPSA) is 62.1 Å². The molecule has 28 heavy (non-hydrogen) atoms. The minimum atomic E-state index is -0.434. The van der Waals surface area contributed by atoms with Gasteiger partial charge in [-0.25, -0.2) is 0 Å². The maximum atomic E-state index is 12.5. The number of ether oxygens (including phenoxy) is 1. The molecule has 0 aliphatic heterocycles. The van der Waals surface area contributed by atoms with Crippen molar-refractivity contribution in [1.29, 1.82) is 5.26 Å². The van der Waals surface area contributed by atoms with Crippen LogP contribution in [0.3, 0.4) is 0 Å². The number of nitrogens with zero attached hydrogens (tertiary/aromatic N) is 1. The maximum absolute atomic E-state index is 12.5. The summed E-state index contributed by atoms with van der Waals surface area (Å²) in [6.45, 7) is 4.87. The van der Waals surface area contributed by atoms with Crippen molar-refractivity contribution in [2.45, 2.75) is 39.5 Å². The molecule has 0 saturated heterocycles. The van der Waals surface area contributed by atoms with Crippen LogP contribution in [0, 0.1) is 11.3 Å². The van der Waals surface area contributed by atoms with E-state index in [1.54, 1.807) is 6.08 Å². The van der Waals surface area contributed by atoms with Crippen LogP contribution in [0.4, 0.5) is 5.69 Å². The number of rotatable bonds is 9. The van der Waals surface area contributed by atoms with E-state index < -0.39 is 5.91 Å². The van der Waals surface area contributed by atoms with Crippen LogP contribution in [0.15, 0.2) is 52.5 Å². The van der Waals surface area contributed by atoms with Crippen molar-refractivity contribution >= 4 is 33.6 Å². The van der Waals surface area contributed by atoms with Gasteiger partial charge in [-0.3, -0.25) is 4.79 Å². The molecule has 0 bridgehead atoms. The fraction of sp³-hybridized carbons (Fsp3) is 0.304. The molecule has 4 nitrogen and oxygen atoms in total. The highest BCUT2D eigenvalue weighted by Gasteiger charge is 2.12. The number of nitrogens with one attached hydrogen (secondary N) is 1. The largest absolute Gasteiger partial charge is 0.494 e. The summed E-state index contributed by atoms with van der Waals surface area (Å²) in [7, 11) is 0. The SMILES string of the molecule is CCCCc1ccc(NC(=O)/C(C#N)=C/c2ccc(OCCC)cc2)c(Br)c1. The zero-order chi connectivity index (χ0) is 20.4. The van der Waals surface area contributed by atoms with Gasteiger partial charge in [-0.1, -0.05) is 38.5 Å². The first-order valence-corrected chi connectivity index (χ1v) is 10.3. The third kappa shape index (κ3) is 6.54. The van der Waals surface area contributed by atoms with Crippen LogP contribution < -0.4 is 10.1 Å². The van der Waals surface area contributed by atoms with E-state index in [-0.39, 0.29) is 5.57 Å². The molecule has 0 heterocycles. The minimum absolute atomic E-state index is 0.0455. The summed E-state index contributed by atoms with van der Waals surface area (Å²) >= 11 is 3.50. The smallest absolute Gasteiger partial charge is 0.266 e. The van der Waals surface area contributed by atoms with E-state index in [4.69, 9.17) is 4.74 Å². The lowest BCUT2D eigenvalue weighted by atomic mass is 10.1. The Kier molecular flexibility index (Phi) is 8.77. The van der Waals surface area contributed by atoms with Crippen LogP contribution in [0.25, 0.3) is 6.08 Å². The Bertz CT molecular complexity index is 867. The first-order chi connectivity index (χ1) is 13.6. The Balaban J connectivity index is 2.09. The molecule has 1 N–H and O–H groups in total. The molecule has 0 saturated carbocycles. The standard InChI is InChI=1S/C23H25BrN2O2/c1-3-5-6-17-9-12-22(21(24)15-17)26-23(27)19(16-25)14-18-7-10-20(11-8-18)28-13-4-2/h7-12,14-15H,3-6,13H2,1-2H3,(H,26,27)/b19-14+. The molecule has 0 radical (unpaired) electrons. The van der Waals surface area contributed by atoms with Crippen molar-refractivity contribution in [3.8, 4) is 11.8 Å². The summed E-state index contributed by atoms with van der Waals surface area (Å²) < 4.78 is 6.35. The van der Waals surface area contributed by atoms with Crippen molar-refractivity contribution in [2.24, 2.45) is 0 Å². The van der Waals surface area contributed by atoms with Gasteiger partial charge in [0.2, 0.25) is 0 Å². The normalized spacial score (nSPS) is 11.0. The summed E-state index contributed by atoms with van der Waals surface area (Å²) in [6.07, 6.45) is 5.78. The Morgan fingerprint density at radius 1 is 1.18 bits per heavy atom. The number of nitriles is 1. The van der Waals surface area contributed by atoms with Gasteiger partial charge in [0.25, 0.3) is 5.91 Å². The number of carbonyl (C=O) groups is 1. The van der Waals surface area contributed by atoms with Gasteiger partial charge in [0.1, 0.15) is 17.4 Å². The van der Waals surface area contributed by atoms with Crippen LogP contribution in [-0.2, 0) is 11.2 Å². The van der Waals surface area contributed by atoms with Crippen LogP contribution >= 0.6 is 15.9 Å². The third-order valence-electron chi connectivity index (χ3n) is 4.13. The number of unbranched alkanes of at least 4 members (excludes halogenated alkanes) is 1. The first kappa shape index (κ1) is 21.7. The lowest BCUT2D eigenvalue weighted by molar-refractivity contribution is -0.112. The molecule has 0 unspecified atom stereocenters. The van der Waals surface area contributed by atoms with Crippen molar-refractivity contribution in [3.63, 3.8) is 0 Å². The van der Waals surface area contributed by atoms with Crippen LogP contribution in [0.1, 0.15) is 44.2 Å². The lowest BCUT2D eigenvalue weighted by Crippen LogP contribution is -2.14. The highest BCUT2D eigenvalue weighted by molar-refractivity contribution is 9.10. The molecule has 1 amide bonds. The van der Waals surface area contributed by atoms with Crippen LogP contribution in [0.5, 0.6) is 5.75 Å². The summed E-state index contributed by atoms with van der Waals surface area (Å²) in [5.74, 6) is 0.338. The number of hydrogen-bond donors (Lipinski definition) is 1. The second-order valence-electron chi connectivity index (χ2n) is 6.46. The predicted octanol–water partition coefficient (Wildman–Crippen LogP) is 6.13. The first-order valence-electron chi connectivity index (χ1n) is 9.51. The third-order valence-corrected chi connectivity index (χ3v) is 4.79. The summed E-state index contributed by atoms with van der Waals surface area (Å²) in [5, 5.41) is 12.2. The monoisotopic (exact) mass is 440 g/mol. The van der Waals surface area contributed by atoms with Crippen molar-refractivity contribution in [2.75, 3.05) is 11.9 Å². The molecule has 0 aliphatic rings. The van der Waals surface area contributed by atoms with Gasteiger partial charge in [0.05, 0.1) is 12.3 Å². The number of hydrogen-bond acceptors (Lipinski definition) is 3. The Morgan fingerprint density at radius 3 is 2.54 bits per heavy atom. The molecule has 0 atom stereocenters. The number of halogens is 1. The second kappa shape index (κ2) is 11.3. The number of anilines is 1. The maximum Gasteiger partial charge on any atom is 0.266 e. The average molecular weight is 441 g/mol. The predicted molar refractivity (Wildman–Crippen MR) is 117 cm³/mol. The molecule has 0 aromatic heterocycles. The van der Waals surface area contributed by atoms with Gasteiger partial charge < -0.3 is 10.1 Å². The van der Waals surface area contributed by atoms with Crippen molar-refractivity contribution in [1.82, 2.24) is 0 Å². The summed E-state index contributed by atoms with van der Waals surface area (Å²) in [4.78, 5) is 12.5. The highest BCUT2D eigenvalue weighted by Crippen LogP contribution is 2.25. The fourth-order valence-corrected chi connectivity index (χ4v) is 3.11. The molecule has 0 fully saturated rings. The zero-order valence-electron chi connectivity index (χ0n) is 16.3. The number of aryl methyl sites for hydroxylation is 1. The Hall–Kier alpha value is -2.58. The Morgan fingerprint density at radius 2 is 1.93 bits per heavy atom. The van der Waals surface area contributed by atoms with Crippen molar-refractivity contribution in [3.05, 3.63) is 63.6 Å². The highest BCUT2D eigenvalue weighted by atomic mass is 79.9. The molecular weight excluding hydrogens is 416 g/mol. The molecule has 0 aliphatic carbocycles. The van der Waals surface area contributed by atoms with Crippen molar-refractivity contribution < 1.29 is 9.53 Å². The molecular formula is C23H25BrN2O2.